The van der Waals surface area contributed by atoms with E-state index in [4.69, 9.17) is 27.9 Å². The molecule has 1 aromatic carbocycles. The van der Waals surface area contributed by atoms with Crippen molar-refractivity contribution in [3.8, 4) is 0 Å². The number of piperidine rings is 1. The average molecular weight is 498 g/mol. The van der Waals surface area contributed by atoms with Crippen LogP contribution in [0.2, 0.25) is 10.0 Å². The van der Waals surface area contributed by atoms with E-state index >= 15 is 0 Å². The molecule has 180 valence electrons. The van der Waals surface area contributed by atoms with Crippen LogP contribution in [0.5, 0.6) is 0 Å². The van der Waals surface area contributed by atoms with Gasteiger partial charge in [-0.25, -0.2) is 4.79 Å². The number of carbonyl (C=O) groups excluding carboxylic acids is 2. The molecule has 1 aromatic rings. The maximum Gasteiger partial charge on any atom is 0.407 e. The lowest BCUT2D eigenvalue weighted by Gasteiger charge is -2.42. The van der Waals surface area contributed by atoms with E-state index in [1.54, 1.807) is 17.0 Å². The van der Waals surface area contributed by atoms with Gasteiger partial charge in [0.2, 0.25) is 11.8 Å². The minimum Gasteiger partial charge on any atom is -0.465 e. The molecule has 3 aliphatic heterocycles. The summed E-state index contributed by atoms with van der Waals surface area (Å²) in [5.41, 5.74) is 0.419. The second-order valence-corrected chi connectivity index (χ2v) is 10.4. The lowest BCUT2D eigenvalue weighted by Crippen LogP contribution is -2.55. The molecule has 3 saturated heterocycles. The van der Waals surface area contributed by atoms with Gasteiger partial charge in [-0.15, -0.1) is 0 Å². The Kier molecular flexibility index (Phi) is 6.80. The number of rotatable bonds is 4. The minimum absolute atomic E-state index is 0.0200. The van der Waals surface area contributed by atoms with Crippen LogP contribution in [0.3, 0.4) is 0 Å². The highest BCUT2D eigenvalue weighted by atomic mass is 35.5. The molecule has 3 fully saturated rings. The van der Waals surface area contributed by atoms with Gasteiger partial charge in [0.15, 0.2) is 0 Å². The molecule has 0 unspecified atom stereocenters. The zero-order valence-electron chi connectivity index (χ0n) is 18.8. The molecule has 3 amide bonds. The summed E-state index contributed by atoms with van der Waals surface area (Å²) in [6.45, 7) is 4.65. The largest absolute Gasteiger partial charge is 0.465 e. The van der Waals surface area contributed by atoms with Crippen LogP contribution in [0.1, 0.15) is 31.2 Å². The fourth-order valence-electron chi connectivity index (χ4n) is 5.07. The molecule has 3 aliphatic rings. The van der Waals surface area contributed by atoms with Crippen molar-refractivity contribution in [2.45, 2.75) is 31.7 Å². The molecule has 3 heterocycles. The summed E-state index contributed by atoms with van der Waals surface area (Å²) in [7, 11) is 1.53. The highest BCUT2D eigenvalue weighted by Gasteiger charge is 2.46. The number of ether oxygens (including phenoxy) is 1. The van der Waals surface area contributed by atoms with E-state index in [-0.39, 0.29) is 29.7 Å². The highest BCUT2D eigenvalue weighted by molar-refractivity contribution is 6.42. The number of hydrogen-bond donors (Lipinski definition) is 1. The third-order valence-electron chi connectivity index (χ3n) is 7.26. The predicted molar refractivity (Wildman–Crippen MR) is 124 cm³/mol. The molecule has 4 rings (SSSR count). The molecule has 1 N–H and O–H groups in total. The van der Waals surface area contributed by atoms with Crippen LogP contribution < -0.4 is 0 Å². The van der Waals surface area contributed by atoms with E-state index in [1.807, 2.05) is 17.9 Å². The van der Waals surface area contributed by atoms with Crippen molar-refractivity contribution < 1.29 is 24.2 Å². The van der Waals surface area contributed by atoms with Crippen molar-refractivity contribution in [3.63, 3.8) is 0 Å². The Labute approximate surface area is 203 Å². The molecule has 0 saturated carbocycles. The van der Waals surface area contributed by atoms with E-state index in [0.29, 0.717) is 62.3 Å². The number of likely N-dealkylation sites (N-methyl/N-ethyl adjacent to an activating group) is 1. The Morgan fingerprint density at radius 1 is 1.09 bits per heavy atom. The lowest BCUT2D eigenvalue weighted by atomic mass is 9.85. The summed E-state index contributed by atoms with van der Waals surface area (Å²) in [6.07, 6.45) is 0.170. The average Bonchev–Trinajstić information content (AvgIpc) is 3.23. The number of hydrogen-bond acceptors (Lipinski definition) is 4. The van der Waals surface area contributed by atoms with E-state index in [0.717, 1.165) is 5.56 Å². The molecular formula is C23H29Cl2N3O5. The maximum atomic E-state index is 13.4. The Morgan fingerprint density at radius 3 is 2.30 bits per heavy atom. The first-order valence-corrected chi connectivity index (χ1v) is 11.9. The molecule has 0 aliphatic carbocycles. The Bertz CT molecular complexity index is 946. The summed E-state index contributed by atoms with van der Waals surface area (Å²) < 4.78 is 5.21. The minimum atomic E-state index is -1.04. The van der Waals surface area contributed by atoms with Crippen LogP contribution in [0.25, 0.3) is 0 Å². The fraction of sp³-hybridized carbons (Fsp3) is 0.609. The summed E-state index contributed by atoms with van der Waals surface area (Å²) in [6, 6.07) is 4.90. The first-order chi connectivity index (χ1) is 15.6. The molecule has 33 heavy (non-hydrogen) atoms. The number of likely N-dealkylation sites (tertiary alicyclic amines) is 2. The van der Waals surface area contributed by atoms with Gasteiger partial charge in [0.1, 0.15) is 0 Å². The third kappa shape index (κ3) is 4.66. The zero-order valence-corrected chi connectivity index (χ0v) is 20.3. The van der Waals surface area contributed by atoms with Gasteiger partial charge in [0.25, 0.3) is 0 Å². The SMILES string of the molecule is CN(C(=O)O)[C@@H]1CN(C(=O)C2CCN(C(=O)C3(C)COC3)CC2)C[C@H]1c1ccc(Cl)c(Cl)c1. The number of nitrogens with zero attached hydrogens (tertiary/aromatic N) is 3. The Morgan fingerprint density at radius 2 is 1.76 bits per heavy atom. The van der Waals surface area contributed by atoms with Crippen molar-refractivity contribution in [1.82, 2.24) is 14.7 Å². The molecule has 0 radical (unpaired) electrons. The van der Waals surface area contributed by atoms with Crippen molar-refractivity contribution in [2.24, 2.45) is 11.3 Å². The smallest absolute Gasteiger partial charge is 0.407 e. The van der Waals surface area contributed by atoms with Crippen LogP contribution in [0.15, 0.2) is 18.2 Å². The first kappa shape index (κ1) is 24.1. The van der Waals surface area contributed by atoms with Crippen LogP contribution >= 0.6 is 23.2 Å². The van der Waals surface area contributed by atoms with Crippen molar-refractivity contribution >= 4 is 41.1 Å². The van der Waals surface area contributed by atoms with Gasteiger partial charge in [-0.05, 0) is 37.5 Å². The summed E-state index contributed by atoms with van der Waals surface area (Å²) in [5, 5.41) is 10.4. The van der Waals surface area contributed by atoms with Gasteiger partial charge in [-0.1, -0.05) is 29.3 Å². The quantitative estimate of drug-likeness (QED) is 0.689. The molecular weight excluding hydrogens is 469 g/mol. The molecule has 8 nitrogen and oxygen atoms in total. The van der Waals surface area contributed by atoms with E-state index in [2.05, 4.69) is 0 Å². The van der Waals surface area contributed by atoms with Crippen LogP contribution in [-0.4, -0.2) is 90.2 Å². The molecule has 0 aromatic heterocycles. The van der Waals surface area contributed by atoms with Crippen LogP contribution in [-0.2, 0) is 14.3 Å². The maximum absolute atomic E-state index is 13.4. The lowest BCUT2D eigenvalue weighted by molar-refractivity contribution is -0.170. The van der Waals surface area contributed by atoms with E-state index < -0.39 is 11.5 Å². The van der Waals surface area contributed by atoms with Crippen LogP contribution in [0.4, 0.5) is 4.79 Å². The normalized spacial score (nSPS) is 25.0. The van der Waals surface area contributed by atoms with Gasteiger partial charge in [-0.2, -0.15) is 0 Å². The molecule has 0 spiro atoms. The van der Waals surface area contributed by atoms with E-state index in [1.165, 1.54) is 11.9 Å². The number of carbonyl (C=O) groups is 3. The number of carboxylic acid groups (broad SMARTS) is 1. The number of halogens is 2. The first-order valence-electron chi connectivity index (χ1n) is 11.2. The monoisotopic (exact) mass is 497 g/mol. The summed E-state index contributed by atoms with van der Waals surface area (Å²) in [5.74, 6) is -0.261. The molecule has 10 heteroatoms. The van der Waals surface area contributed by atoms with Gasteiger partial charge in [-0.3, -0.25) is 9.59 Å². The molecule has 0 bridgehead atoms. The van der Waals surface area contributed by atoms with Crippen molar-refractivity contribution in [2.75, 3.05) is 46.4 Å². The summed E-state index contributed by atoms with van der Waals surface area (Å²) in [4.78, 5) is 42.7. The summed E-state index contributed by atoms with van der Waals surface area (Å²) >= 11 is 12.3. The highest BCUT2D eigenvalue weighted by Crippen LogP contribution is 2.36. The number of benzene rings is 1. The Hall–Kier alpha value is -2.03. The van der Waals surface area contributed by atoms with Crippen LogP contribution in [0, 0.1) is 11.3 Å². The van der Waals surface area contributed by atoms with E-state index in [9.17, 15) is 19.5 Å². The number of amides is 3. The second kappa shape index (κ2) is 9.31. The van der Waals surface area contributed by atoms with Gasteiger partial charge >= 0.3 is 6.09 Å². The standard InChI is InChI=1S/C23H29Cl2N3O5/c1-23(12-33-13-23)21(30)27-7-5-14(6-8-27)20(29)28-10-16(19(11-28)26(2)22(31)32)15-3-4-17(24)18(25)9-15/h3-4,9,14,16,19H,5-8,10-13H2,1-2H3,(H,31,32)/t16-,19+/m0/s1. The van der Waals surface area contributed by atoms with Gasteiger partial charge < -0.3 is 24.5 Å². The second-order valence-electron chi connectivity index (χ2n) is 9.60. The predicted octanol–water partition coefficient (Wildman–Crippen LogP) is 3.17. The van der Waals surface area contributed by atoms with Crippen molar-refractivity contribution in [1.29, 1.82) is 0 Å². The molecule has 2 atom stereocenters. The fourth-order valence-corrected chi connectivity index (χ4v) is 5.38. The Balaban J connectivity index is 1.44. The third-order valence-corrected chi connectivity index (χ3v) is 8.00. The van der Waals surface area contributed by atoms with Gasteiger partial charge in [0, 0.05) is 45.1 Å². The zero-order chi connectivity index (χ0) is 23.9. The van der Waals surface area contributed by atoms with Gasteiger partial charge in [0.05, 0.1) is 34.7 Å². The van der Waals surface area contributed by atoms with Crippen molar-refractivity contribution in [3.05, 3.63) is 33.8 Å². The topological polar surface area (TPSA) is 90.4 Å².